The average Bonchev–Trinajstić information content (AvgIpc) is 2.64. The molecule has 0 spiro atoms. The number of pyridine rings is 1. The second-order valence-electron chi connectivity index (χ2n) is 5.66. The summed E-state index contributed by atoms with van der Waals surface area (Å²) in [7, 11) is 1.90. The normalized spacial score (nSPS) is 12.4. The minimum absolute atomic E-state index is 0.152. The van der Waals surface area contributed by atoms with Crippen molar-refractivity contribution in [3.63, 3.8) is 0 Å². The van der Waals surface area contributed by atoms with Gasteiger partial charge >= 0.3 is 0 Å². The summed E-state index contributed by atoms with van der Waals surface area (Å²) in [5.41, 5.74) is 0. The molecule has 1 aromatic rings. The third-order valence-corrected chi connectivity index (χ3v) is 5.00. The van der Waals surface area contributed by atoms with E-state index in [1.807, 2.05) is 0 Å². The Hall–Kier alpha value is -1.75. The third-order valence-electron chi connectivity index (χ3n) is 3.55. The van der Waals surface area contributed by atoms with Crippen molar-refractivity contribution < 1.29 is 13.2 Å². The Balaban J connectivity index is 2.22. The van der Waals surface area contributed by atoms with Crippen LogP contribution in [0.25, 0.3) is 0 Å². The quantitative estimate of drug-likeness (QED) is 0.252. The van der Waals surface area contributed by atoms with Gasteiger partial charge in [0.2, 0.25) is 10.0 Å². The number of hydrogen-bond donors (Lipinski definition) is 3. The zero-order chi connectivity index (χ0) is 19.3. The molecule has 1 rings (SSSR count). The maximum absolute atomic E-state index is 12.1. The molecule has 0 aromatic carbocycles. The van der Waals surface area contributed by atoms with E-state index < -0.39 is 10.0 Å². The van der Waals surface area contributed by atoms with Gasteiger partial charge in [-0.3, -0.25) is 9.98 Å². The summed E-state index contributed by atoms with van der Waals surface area (Å²) in [5.74, 6) is 0.635. The molecule has 0 aliphatic rings. The molecule has 0 aliphatic carbocycles. The van der Waals surface area contributed by atoms with Crippen LogP contribution < -0.4 is 15.4 Å². The number of guanidine groups is 1. The van der Waals surface area contributed by atoms with Crippen LogP contribution in [0.2, 0.25) is 0 Å². The van der Waals surface area contributed by atoms with Crippen molar-refractivity contribution in [1.82, 2.24) is 25.2 Å². The fourth-order valence-electron chi connectivity index (χ4n) is 2.13. The molecule has 26 heavy (non-hydrogen) atoms. The minimum atomic E-state index is -3.53. The van der Waals surface area contributed by atoms with E-state index in [2.05, 4.69) is 37.3 Å². The lowest BCUT2D eigenvalue weighted by atomic mass is 10.4. The van der Waals surface area contributed by atoms with Gasteiger partial charge in [-0.1, -0.05) is 0 Å². The van der Waals surface area contributed by atoms with E-state index in [0.29, 0.717) is 12.5 Å². The SMILES string of the molecule is CN=C(NCCNS(=O)(=O)c1cccnc1)NCCN(C)CCCOC. The first-order valence-electron chi connectivity index (χ1n) is 8.51. The van der Waals surface area contributed by atoms with E-state index in [0.717, 1.165) is 32.7 Å². The van der Waals surface area contributed by atoms with Gasteiger partial charge < -0.3 is 20.3 Å². The fourth-order valence-corrected chi connectivity index (χ4v) is 3.13. The lowest BCUT2D eigenvalue weighted by molar-refractivity contribution is 0.180. The molecule has 0 bridgehead atoms. The summed E-state index contributed by atoms with van der Waals surface area (Å²) >= 11 is 0. The van der Waals surface area contributed by atoms with E-state index >= 15 is 0 Å². The van der Waals surface area contributed by atoms with Gasteiger partial charge in [0.25, 0.3) is 0 Å². The number of ether oxygens (including phenoxy) is 1. The van der Waals surface area contributed by atoms with Crippen LogP contribution >= 0.6 is 0 Å². The summed E-state index contributed by atoms with van der Waals surface area (Å²) in [6.07, 6.45) is 3.85. The molecular formula is C16H30N6O3S. The lowest BCUT2D eigenvalue weighted by Gasteiger charge is -2.18. The number of hydrogen-bond acceptors (Lipinski definition) is 6. The molecule has 10 heteroatoms. The van der Waals surface area contributed by atoms with E-state index in [1.165, 1.54) is 18.5 Å². The molecule has 0 atom stereocenters. The Morgan fingerprint density at radius 1 is 1.27 bits per heavy atom. The molecule has 148 valence electrons. The maximum Gasteiger partial charge on any atom is 0.242 e. The predicted molar refractivity (Wildman–Crippen MR) is 103 cm³/mol. The molecule has 1 heterocycles. The molecule has 1 aromatic heterocycles. The van der Waals surface area contributed by atoms with Crippen LogP contribution in [0.15, 0.2) is 34.4 Å². The molecule has 9 nitrogen and oxygen atoms in total. The standard InChI is InChI=1S/C16H30N6O3S/c1-17-16(20-10-12-22(2)11-5-13-25-3)19-8-9-21-26(23,24)15-6-4-7-18-14-15/h4,6-7,14,21H,5,8-13H2,1-3H3,(H2,17,19,20). The second kappa shape index (κ2) is 12.6. The van der Waals surface area contributed by atoms with Gasteiger partial charge in [0, 0.05) is 65.9 Å². The molecule has 3 N–H and O–H groups in total. The van der Waals surface area contributed by atoms with Gasteiger partial charge in [0.15, 0.2) is 5.96 Å². The molecule has 0 radical (unpaired) electrons. The lowest BCUT2D eigenvalue weighted by Crippen LogP contribution is -2.43. The van der Waals surface area contributed by atoms with Gasteiger partial charge in [0.1, 0.15) is 4.90 Å². The minimum Gasteiger partial charge on any atom is -0.385 e. The maximum atomic E-state index is 12.1. The van der Waals surface area contributed by atoms with E-state index in [9.17, 15) is 8.42 Å². The highest BCUT2D eigenvalue weighted by molar-refractivity contribution is 7.89. The highest BCUT2D eigenvalue weighted by Crippen LogP contribution is 2.04. The molecule has 0 fully saturated rings. The van der Waals surface area contributed by atoms with Crippen molar-refractivity contribution in [3.05, 3.63) is 24.5 Å². The summed E-state index contributed by atoms with van der Waals surface area (Å²) in [6.45, 7) is 4.01. The molecule has 0 saturated carbocycles. The summed E-state index contributed by atoms with van der Waals surface area (Å²) in [5, 5.41) is 6.28. The van der Waals surface area contributed by atoms with Crippen LogP contribution in [0.4, 0.5) is 0 Å². The molecule has 0 saturated heterocycles. The fraction of sp³-hybridized carbons (Fsp3) is 0.625. The molecular weight excluding hydrogens is 356 g/mol. The molecule has 0 aliphatic heterocycles. The first-order valence-corrected chi connectivity index (χ1v) is 9.99. The zero-order valence-electron chi connectivity index (χ0n) is 15.7. The number of likely N-dealkylation sites (N-methyl/N-ethyl adjacent to an activating group) is 1. The highest BCUT2D eigenvalue weighted by atomic mass is 32.2. The van der Waals surface area contributed by atoms with Crippen LogP contribution in [0, 0.1) is 0 Å². The van der Waals surface area contributed by atoms with Gasteiger partial charge in [-0.15, -0.1) is 0 Å². The van der Waals surface area contributed by atoms with Crippen LogP contribution in [-0.2, 0) is 14.8 Å². The van der Waals surface area contributed by atoms with Crippen molar-refractivity contribution in [1.29, 1.82) is 0 Å². The van der Waals surface area contributed by atoms with Crippen LogP contribution in [-0.4, -0.2) is 84.8 Å². The van der Waals surface area contributed by atoms with E-state index in [-0.39, 0.29) is 11.4 Å². The Labute approximate surface area is 156 Å². The topological polar surface area (TPSA) is 108 Å². The number of methoxy groups -OCH3 is 1. The van der Waals surface area contributed by atoms with E-state index in [1.54, 1.807) is 20.2 Å². The molecule has 0 unspecified atom stereocenters. The summed E-state index contributed by atoms with van der Waals surface area (Å²) in [6, 6.07) is 3.09. The Morgan fingerprint density at radius 3 is 2.69 bits per heavy atom. The van der Waals surface area contributed by atoms with Crippen molar-refractivity contribution in [3.8, 4) is 0 Å². The summed E-state index contributed by atoms with van der Waals surface area (Å²) < 4.78 is 31.7. The van der Waals surface area contributed by atoms with Crippen molar-refractivity contribution in [2.75, 3.05) is 60.5 Å². The first kappa shape index (κ1) is 22.3. The van der Waals surface area contributed by atoms with Gasteiger partial charge in [-0.05, 0) is 25.6 Å². The number of aliphatic imine (C=N–C) groups is 1. The van der Waals surface area contributed by atoms with Crippen molar-refractivity contribution >= 4 is 16.0 Å². The Bertz CT molecular complexity index is 624. The van der Waals surface area contributed by atoms with Crippen LogP contribution in [0.3, 0.4) is 0 Å². The number of nitrogens with one attached hydrogen (secondary N) is 3. The van der Waals surface area contributed by atoms with Gasteiger partial charge in [-0.2, -0.15) is 0 Å². The number of rotatable bonds is 12. The molecule has 0 amide bonds. The second-order valence-corrected chi connectivity index (χ2v) is 7.43. The van der Waals surface area contributed by atoms with Crippen LogP contribution in [0.1, 0.15) is 6.42 Å². The van der Waals surface area contributed by atoms with Crippen LogP contribution in [0.5, 0.6) is 0 Å². The smallest absolute Gasteiger partial charge is 0.242 e. The van der Waals surface area contributed by atoms with Crippen molar-refractivity contribution in [2.24, 2.45) is 4.99 Å². The highest BCUT2D eigenvalue weighted by Gasteiger charge is 2.12. The Morgan fingerprint density at radius 2 is 2.04 bits per heavy atom. The number of nitrogens with zero attached hydrogens (tertiary/aromatic N) is 3. The largest absolute Gasteiger partial charge is 0.385 e. The monoisotopic (exact) mass is 386 g/mol. The number of aromatic nitrogens is 1. The number of sulfonamides is 1. The van der Waals surface area contributed by atoms with Gasteiger partial charge in [0.05, 0.1) is 0 Å². The average molecular weight is 387 g/mol. The zero-order valence-corrected chi connectivity index (χ0v) is 16.6. The van der Waals surface area contributed by atoms with Gasteiger partial charge in [-0.25, -0.2) is 13.1 Å². The van der Waals surface area contributed by atoms with Crippen molar-refractivity contribution in [2.45, 2.75) is 11.3 Å². The Kier molecular flexibility index (Phi) is 10.8. The summed E-state index contributed by atoms with van der Waals surface area (Å²) in [4.78, 5) is 10.3. The van der Waals surface area contributed by atoms with E-state index in [4.69, 9.17) is 4.74 Å². The first-order chi connectivity index (χ1) is 12.5. The predicted octanol–water partition coefficient (Wildman–Crippen LogP) is -0.507. The third kappa shape index (κ3) is 9.09.